The van der Waals surface area contributed by atoms with Gasteiger partial charge >= 0.3 is 6.18 Å². The van der Waals surface area contributed by atoms with Gasteiger partial charge in [0.1, 0.15) is 10.8 Å². The Morgan fingerprint density at radius 2 is 2.00 bits per heavy atom. The van der Waals surface area contributed by atoms with E-state index in [2.05, 4.69) is 4.98 Å². The van der Waals surface area contributed by atoms with E-state index in [1.165, 1.54) is 6.07 Å². The van der Waals surface area contributed by atoms with Crippen molar-refractivity contribution in [3.05, 3.63) is 28.5 Å². The van der Waals surface area contributed by atoms with Crippen molar-refractivity contribution in [2.75, 3.05) is 0 Å². The number of rotatable bonds is 1. The lowest BCUT2D eigenvalue weighted by Crippen LogP contribution is -2.40. The summed E-state index contributed by atoms with van der Waals surface area (Å²) in [5.74, 6) is 0.208. The van der Waals surface area contributed by atoms with Gasteiger partial charge in [0.05, 0.1) is 5.60 Å². The summed E-state index contributed by atoms with van der Waals surface area (Å²) in [6, 6.07) is 2.14. The van der Waals surface area contributed by atoms with Gasteiger partial charge in [-0.1, -0.05) is 37.9 Å². The van der Waals surface area contributed by atoms with E-state index in [0.717, 1.165) is 18.9 Å². The van der Waals surface area contributed by atoms with Crippen molar-refractivity contribution in [1.82, 2.24) is 4.98 Å². The monoisotopic (exact) mass is 307 g/mol. The number of pyridine rings is 1. The van der Waals surface area contributed by atoms with Gasteiger partial charge in [0.25, 0.3) is 0 Å². The molecule has 0 aliphatic heterocycles. The molecule has 1 aliphatic carbocycles. The Labute approximate surface area is 121 Å². The summed E-state index contributed by atoms with van der Waals surface area (Å²) in [5.41, 5.74) is -1.94. The molecule has 20 heavy (non-hydrogen) atoms. The summed E-state index contributed by atoms with van der Waals surface area (Å²) >= 11 is 5.90. The Morgan fingerprint density at radius 1 is 1.35 bits per heavy atom. The van der Waals surface area contributed by atoms with Crippen molar-refractivity contribution in [3.63, 3.8) is 0 Å². The summed E-state index contributed by atoms with van der Waals surface area (Å²) in [6.07, 6.45) is -2.23. The molecule has 2 rings (SSSR count). The number of hydrogen-bond donors (Lipinski definition) is 1. The van der Waals surface area contributed by atoms with Crippen molar-refractivity contribution < 1.29 is 18.3 Å². The van der Waals surface area contributed by atoms with Gasteiger partial charge in [-0.15, -0.1) is 0 Å². The van der Waals surface area contributed by atoms with E-state index >= 15 is 0 Å². The molecule has 0 bridgehead atoms. The van der Waals surface area contributed by atoms with Crippen molar-refractivity contribution in [1.29, 1.82) is 0 Å². The van der Waals surface area contributed by atoms with E-state index in [0.29, 0.717) is 12.0 Å². The zero-order chi connectivity index (χ0) is 15.1. The van der Waals surface area contributed by atoms with Gasteiger partial charge in [0.2, 0.25) is 0 Å². The summed E-state index contributed by atoms with van der Waals surface area (Å²) in [7, 11) is 0. The Bertz CT molecular complexity index is 506. The van der Waals surface area contributed by atoms with Gasteiger partial charge in [-0.05, 0) is 30.7 Å². The van der Waals surface area contributed by atoms with Crippen LogP contribution in [0.5, 0.6) is 0 Å². The van der Waals surface area contributed by atoms with Crippen molar-refractivity contribution in [2.24, 2.45) is 11.8 Å². The third kappa shape index (κ3) is 2.66. The van der Waals surface area contributed by atoms with Gasteiger partial charge in [-0.3, -0.25) is 0 Å². The van der Waals surface area contributed by atoms with Crippen LogP contribution < -0.4 is 0 Å². The number of halogens is 4. The van der Waals surface area contributed by atoms with Crippen LogP contribution in [0.15, 0.2) is 12.1 Å². The average Bonchev–Trinajstić information content (AvgIpc) is 2.34. The predicted octanol–water partition coefficient (Wildman–Crippen LogP) is 4.40. The fraction of sp³-hybridized carbons (Fsp3) is 0.643. The first kappa shape index (κ1) is 15.6. The molecule has 0 radical (unpaired) electrons. The molecule has 2 nitrogen and oxygen atoms in total. The van der Waals surface area contributed by atoms with E-state index in [1.54, 1.807) is 0 Å². The maximum atomic E-state index is 12.6. The second kappa shape index (κ2) is 5.19. The van der Waals surface area contributed by atoms with Crippen molar-refractivity contribution >= 4 is 11.6 Å². The van der Waals surface area contributed by atoms with Crippen LogP contribution in [0.3, 0.4) is 0 Å². The van der Waals surface area contributed by atoms with Crippen LogP contribution in [0, 0.1) is 11.8 Å². The van der Waals surface area contributed by atoms with Crippen LogP contribution in [-0.2, 0) is 11.8 Å². The topological polar surface area (TPSA) is 33.1 Å². The highest BCUT2D eigenvalue weighted by molar-refractivity contribution is 6.30. The second-order valence-electron chi connectivity index (χ2n) is 5.62. The maximum Gasteiger partial charge on any atom is 0.433 e. The Hall–Kier alpha value is -0.810. The van der Waals surface area contributed by atoms with Gasteiger partial charge in [0.15, 0.2) is 0 Å². The summed E-state index contributed by atoms with van der Waals surface area (Å²) in [6.45, 7) is 3.93. The highest BCUT2D eigenvalue weighted by atomic mass is 35.5. The minimum Gasteiger partial charge on any atom is -0.385 e. The summed E-state index contributed by atoms with van der Waals surface area (Å²) < 4.78 is 37.8. The van der Waals surface area contributed by atoms with Crippen molar-refractivity contribution in [2.45, 2.75) is 44.9 Å². The first-order valence-corrected chi connectivity index (χ1v) is 7.00. The van der Waals surface area contributed by atoms with Crippen LogP contribution in [0.4, 0.5) is 13.2 Å². The van der Waals surface area contributed by atoms with Crippen LogP contribution in [-0.4, -0.2) is 10.1 Å². The first-order chi connectivity index (χ1) is 9.16. The fourth-order valence-electron chi connectivity index (χ4n) is 2.94. The van der Waals surface area contributed by atoms with Gasteiger partial charge in [-0.25, -0.2) is 4.98 Å². The van der Waals surface area contributed by atoms with Gasteiger partial charge in [-0.2, -0.15) is 13.2 Å². The van der Waals surface area contributed by atoms with E-state index < -0.39 is 17.5 Å². The zero-order valence-electron chi connectivity index (χ0n) is 11.3. The molecule has 112 valence electrons. The molecule has 6 heteroatoms. The van der Waals surface area contributed by atoms with E-state index in [-0.39, 0.29) is 17.0 Å². The third-order valence-electron chi connectivity index (χ3n) is 4.43. The summed E-state index contributed by atoms with van der Waals surface area (Å²) in [4.78, 5) is 3.40. The van der Waals surface area contributed by atoms with E-state index in [4.69, 9.17) is 11.6 Å². The molecule has 1 heterocycles. The molecule has 1 fully saturated rings. The molecule has 3 unspecified atom stereocenters. The largest absolute Gasteiger partial charge is 0.433 e. The predicted molar refractivity (Wildman–Crippen MR) is 70.3 cm³/mol. The van der Waals surface area contributed by atoms with Gasteiger partial charge in [0, 0.05) is 5.56 Å². The molecule has 0 saturated heterocycles. The minimum atomic E-state index is -4.53. The lowest BCUT2D eigenvalue weighted by Gasteiger charge is -2.42. The molecule has 0 spiro atoms. The highest BCUT2D eigenvalue weighted by Crippen LogP contribution is 2.46. The fourth-order valence-corrected chi connectivity index (χ4v) is 3.25. The molecule has 3 atom stereocenters. The van der Waals surface area contributed by atoms with Gasteiger partial charge < -0.3 is 5.11 Å². The highest BCUT2D eigenvalue weighted by Gasteiger charge is 2.43. The molecule has 1 aromatic heterocycles. The van der Waals surface area contributed by atoms with Crippen LogP contribution in [0.2, 0.25) is 5.15 Å². The smallest absolute Gasteiger partial charge is 0.385 e. The zero-order valence-corrected chi connectivity index (χ0v) is 12.1. The quantitative estimate of drug-likeness (QED) is 0.780. The number of hydrogen-bond acceptors (Lipinski definition) is 2. The Kier molecular flexibility index (Phi) is 4.04. The second-order valence-corrected chi connectivity index (χ2v) is 5.97. The maximum absolute atomic E-state index is 12.6. The first-order valence-electron chi connectivity index (χ1n) is 6.63. The molecule has 1 aromatic rings. The van der Waals surface area contributed by atoms with E-state index in [9.17, 15) is 18.3 Å². The van der Waals surface area contributed by atoms with Crippen LogP contribution >= 0.6 is 11.6 Å². The molecular weight excluding hydrogens is 291 g/mol. The lowest BCUT2D eigenvalue weighted by molar-refractivity contribution is -0.141. The number of aromatic nitrogens is 1. The molecule has 0 amide bonds. The molecule has 1 N–H and O–H groups in total. The Balaban J connectivity index is 2.42. The molecule has 1 aliphatic rings. The molecule has 0 aromatic carbocycles. The SMILES string of the molecule is CC1CCCC(O)(c2ccc(C(F)(F)F)nc2Cl)C1C. The number of aliphatic hydroxyl groups is 1. The van der Waals surface area contributed by atoms with Crippen molar-refractivity contribution in [3.8, 4) is 0 Å². The van der Waals surface area contributed by atoms with Crippen LogP contribution in [0.1, 0.15) is 44.4 Å². The van der Waals surface area contributed by atoms with E-state index in [1.807, 2.05) is 13.8 Å². The lowest BCUT2D eigenvalue weighted by atomic mass is 9.68. The molecule has 1 saturated carbocycles. The normalized spacial score (nSPS) is 31.4. The molecular formula is C14H17ClF3NO. The van der Waals surface area contributed by atoms with Crippen LogP contribution in [0.25, 0.3) is 0 Å². The third-order valence-corrected chi connectivity index (χ3v) is 4.72. The average molecular weight is 308 g/mol. The number of nitrogens with zero attached hydrogens (tertiary/aromatic N) is 1. The number of alkyl halides is 3. The Morgan fingerprint density at radius 3 is 2.55 bits per heavy atom. The summed E-state index contributed by atoms with van der Waals surface area (Å²) in [5, 5.41) is 10.6. The minimum absolute atomic E-state index is 0.0766. The standard InChI is InChI=1S/C14H17ClF3NO/c1-8-4-3-7-13(20,9(8)2)10-5-6-11(14(16,17)18)19-12(10)15/h5-6,8-9,20H,3-4,7H2,1-2H3.